The van der Waals surface area contributed by atoms with Crippen LogP contribution in [0.3, 0.4) is 0 Å². The van der Waals surface area contributed by atoms with Gasteiger partial charge in [0.25, 0.3) is 0 Å². The van der Waals surface area contributed by atoms with E-state index in [9.17, 15) is 4.39 Å². The molecule has 2 nitrogen and oxygen atoms in total. The normalized spacial score (nSPS) is 10.9. The highest BCUT2D eigenvalue weighted by molar-refractivity contribution is 6.33. The molecule has 0 unspecified atom stereocenters. The van der Waals surface area contributed by atoms with Crippen LogP contribution in [0.5, 0.6) is 0 Å². The number of aromatic nitrogens is 2. The van der Waals surface area contributed by atoms with Gasteiger partial charge < -0.3 is 0 Å². The van der Waals surface area contributed by atoms with E-state index in [4.69, 9.17) is 23.2 Å². The molecular weight excluding hydrogens is 370 g/mol. The monoisotopic (exact) mass is 382 g/mol. The van der Waals surface area contributed by atoms with Crippen LogP contribution in [-0.2, 0) is 0 Å². The molecule has 0 saturated carbocycles. The molecule has 26 heavy (non-hydrogen) atoms. The van der Waals surface area contributed by atoms with Crippen LogP contribution in [0.1, 0.15) is 0 Å². The lowest BCUT2D eigenvalue weighted by atomic mass is 10.1. The molecule has 4 aromatic rings. The maximum absolute atomic E-state index is 14.6. The van der Waals surface area contributed by atoms with E-state index in [0.717, 1.165) is 11.3 Å². The van der Waals surface area contributed by atoms with Gasteiger partial charge in [0.2, 0.25) is 0 Å². The highest BCUT2D eigenvalue weighted by Crippen LogP contribution is 2.35. The first kappa shape index (κ1) is 16.8. The van der Waals surface area contributed by atoms with Crippen LogP contribution >= 0.6 is 23.2 Å². The minimum absolute atomic E-state index is 0.325. The summed E-state index contributed by atoms with van der Waals surface area (Å²) in [6.45, 7) is 0. The molecule has 1 aromatic heterocycles. The van der Waals surface area contributed by atoms with Crippen molar-refractivity contribution in [3.8, 4) is 28.2 Å². The lowest BCUT2D eigenvalue weighted by Gasteiger charge is -2.09. The van der Waals surface area contributed by atoms with E-state index in [1.807, 2.05) is 48.5 Å². The highest BCUT2D eigenvalue weighted by Gasteiger charge is 2.18. The summed E-state index contributed by atoms with van der Waals surface area (Å²) < 4.78 is 16.3. The molecule has 0 saturated heterocycles. The Kier molecular flexibility index (Phi) is 4.49. The largest absolute Gasteiger partial charge is 0.232 e. The van der Waals surface area contributed by atoms with E-state index < -0.39 is 5.82 Å². The Hall–Kier alpha value is -2.62. The molecule has 0 fully saturated rings. The van der Waals surface area contributed by atoms with E-state index in [2.05, 4.69) is 5.10 Å². The average molecular weight is 383 g/mol. The molecule has 0 N–H and O–H groups in total. The number of benzene rings is 3. The van der Waals surface area contributed by atoms with Crippen LogP contribution in [0.15, 0.2) is 78.9 Å². The van der Waals surface area contributed by atoms with E-state index >= 15 is 0 Å². The minimum Gasteiger partial charge on any atom is -0.232 e. The van der Waals surface area contributed by atoms with Gasteiger partial charge in [0.1, 0.15) is 5.82 Å². The second-order valence-corrected chi connectivity index (χ2v) is 6.61. The standard InChI is InChI=1S/C21H13Cl2FN2/c22-15-11-9-14(10-12-15)19-13-20(21-17(23)7-4-8-18(21)24)26(25-19)16-5-2-1-3-6-16/h1-13H. The van der Waals surface area contributed by atoms with Gasteiger partial charge in [-0.3, -0.25) is 0 Å². The molecule has 0 aliphatic carbocycles. The molecule has 0 aliphatic heterocycles. The van der Waals surface area contributed by atoms with Gasteiger partial charge in [-0.15, -0.1) is 0 Å². The third-order valence-corrected chi connectivity index (χ3v) is 4.64. The molecule has 0 radical (unpaired) electrons. The van der Waals surface area contributed by atoms with Crippen LogP contribution in [0, 0.1) is 5.82 Å². The Morgan fingerprint density at radius 1 is 0.808 bits per heavy atom. The number of hydrogen-bond donors (Lipinski definition) is 0. The van der Waals surface area contributed by atoms with E-state index in [1.165, 1.54) is 6.07 Å². The summed E-state index contributed by atoms with van der Waals surface area (Å²) in [6.07, 6.45) is 0. The van der Waals surface area contributed by atoms with Gasteiger partial charge in [-0.05, 0) is 42.5 Å². The Balaban J connectivity index is 1.96. The zero-order valence-electron chi connectivity index (χ0n) is 13.5. The van der Waals surface area contributed by atoms with Gasteiger partial charge in [-0.25, -0.2) is 9.07 Å². The minimum atomic E-state index is -0.391. The topological polar surface area (TPSA) is 17.8 Å². The second-order valence-electron chi connectivity index (χ2n) is 5.77. The first-order valence-corrected chi connectivity index (χ1v) is 8.75. The predicted molar refractivity (Wildman–Crippen MR) is 104 cm³/mol. The lowest BCUT2D eigenvalue weighted by molar-refractivity contribution is 0.629. The first-order chi connectivity index (χ1) is 12.6. The van der Waals surface area contributed by atoms with Gasteiger partial charge in [-0.2, -0.15) is 5.10 Å². The molecule has 0 atom stereocenters. The van der Waals surface area contributed by atoms with Gasteiger partial charge in [0, 0.05) is 10.6 Å². The van der Waals surface area contributed by atoms with Crippen LogP contribution in [0.25, 0.3) is 28.2 Å². The van der Waals surface area contributed by atoms with Crippen molar-refractivity contribution in [2.75, 3.05) is 0 Å². The van der Waals surface area contributed by atoms with Crippen molar-refractivity contribution in [2.45, 2.75) is 0 Å². The maximum atomic E-state index is 14.6. The summed E-state index contributed by atoms with van der Waals surface area (Å²) in [4.78, 5) is 0. The summed E-state index contributed by atoms with van der Waals surface area (Å²) in [5.74, 6) is -0.391. The predicted octanol–water partition coefficient (Wildman–Crippen LogP) is 6.65. The molecule has 1 heterocycles. The molecule has 3 aromatic carbocycles. The Bertz CT molecular complexity index is 1040. The van der Waals surface area contributed by atoms with Crippen molar-refractivity contribution in [1.29, 1.82) is 0 Å². The van der Waals surface area contributed by atoms with Crippen LogP contribution in [0.4, 0.5) is 4.39 Å². The van der Waals surface area contributed by atoms with Crippen molar-refractivity contribution in [1.82, 2.24) is 9.78 Å². The zero-order valence-corrected chi connectivity index (χ0v) is 15.0. The summed E-state index contributed by atoms with van der Waals surface area (Å²) in [6, 6.07) is 23.4. The number of rotatable bonds is 3. The molecule has 0 amide bonds. The average Bonchev–Trinajstić information content (AvgIpc) is 3.08. The molecule has 0 bridgehead atoms. The smallest absolute Gasteiger partial charge is 0.134 e. The summed E-state index contributed by atoms with van der Waals surface area (Å²) in [5, 5.41) is 5.67. The fourth-order valence-corrected chi connectivity index (χ4v) is 3.22. The van der Waals surface area contributed by atoms with Crippen molar-refractivity contribution in [2.24, 2.45) is 0 Å². The molecule has 4 rings (SSSR count). The van der Waals surface area contributed by atoms with Crippen LogP contribution in [-0.4, -0.2) is 9.78 Å². The first-order valence-electron chi connectivity index (χ1n) is 7.99. The number of para-hydroxylation sites is 1. The van der Waals surface area contributed by atoms with Gasteiger partial charge in [0.05, 0.1) is 27.7 Å². The third kappa shape index (κ3) is 3.12. The lowest BCUT2D eigenvalue weighted by Crippen LogP contribution is -2.00. The Labute approximate surface area is 160 Å². The van der Waals surface area contributed by atoms with Crippen molar-refractivity contribution >= 4 is 23.2 Å². The highest BCUT2D eigenvalue weighted by atomic mass is 35.5. The Morgan fingerprint density at radius 2 is 1.54 bits per heavy atom. The molecule has 128 valence electrons. The molecule has 0 spiro atoms. The fourth-order valence-electron chi connectivity index (χ4n) is 2.83. The number of hydrogen-bond acceptors (Lipinski definition) is 1. The summed E-state index contributed by atoms with van der Waals surface area (Å²) in [7, 11) is 0. The molecule has 0 aliphatic rings. The van der Waals surface area contributed by atoms with Crippen molar-refractivity contribution in [3.05, 3.63) is 94.7 Å². The van der Waals surface area contributed by atoms with Crippen molar-refractivity contribution < 1.29 is 4.39 Å². The van der Waals surface area contributed by atoms with Crippen LogP contribution < -0.4 is 0 Å². The summed E-state index contributed by atoms with van der Waals surface area (Å²) in [5.41, 5.74) is 3.33. The van der Waals surface area contributed by atoms with Gasteiger partial charge in [0.15, 0.2) is 0 Å². The van der Waals surface area contributed by atoms with Gasteiger partial charge in [-0.1, -0.05) is 59.6 Å². The van der Waals surface area contributed by atoms with E-state index in [1.54, 1.807) is 28.9 Å². The van der Waals surface area contributed by atoms with E-state index in [-0.39, 0.29) is 0 Å². The Morgan fingerprint density at radius 3 is 2.23 bits per heavy atom. The van der Waals surface area contributed by atoms with Crippen LogP contribution in [0.2, 0.25) is 10.0 Å². The van der Waals surface area contributed by atoms with E-state index in [0.29, 0.717) is 27.0 Å². The fraction of sp³-hybridized carbons (Fsp3) is 0. The number of nitrogens with zero attached hydrogens (tertiary/aromatic N) is 2. The maximum Gasteiger partial charge on any atom is 0.134 e. The van der Waals surface area contributed by atoms with Crippen molar-refractivity contribution in [3.63, 3.8) is 0 Å². The summed E-state index contributed by atoms with van der Waals surface area (Å²) >= 11 is 12.3. The number of halogens is 3. The zero-order chi connectivity index (χ0) is 18.1. The SMILES string of the molecule is Fc1cccc(Cl)c1-c1cc(-c2ccc(Cl)cc2)nn1-c1ccccc1. The second kappa shape index (κ2) is 6.94. The quantitative estimate of drug-likeness (QED) is 0.387. The molecule has 5 heteroatoms. The van der Waals surface area contributed by atoms with Gasteiger partial charge >= 0.3 is 0 Å². The molecular formula is C21H13Cl2FN2. The third-order valence-electron chi connectivity index (χ3n) is 4.07.